The molecule has 0 aromatic heterocycles. The number of hydrogen-bond donors (Lipinski definition) is 0. The fourth-order valence-electron chi connectivity index (χ4n) is 1.84. The summed E-state index contributed by atoms with van der Waals surface area (Å²) in [7, 11) is 0. The quantitative estimate of drug-likeness (QED) is 0.479. The molecule has 0 radical (unpaired) electrons. The van der Waals surface area contributed by atoms with Crippen LogP contribution in [0.2, 0.25) is 0 Å². The van der Waals surface area contributed by atoms with Crippen LogP contribution in [0.4, 0.5) is 5.69 Å². The number of carbonyl (C=O) groups is 1. The van der Waals surface area contributed by atoms with Gasteiger partial charge in [0.15, 0.2) is 5.78 Å². The van der Waals surface area contributed by atoms with Gasteiger partial charge in [-0.1, -0.05) is 29.5 Å². The Hall–Kier alpha value is -2.14. The molecule has 20 heavy (non-hydrogen) atoms. The lowest BCUT2D eigenvalue weighted by Gasteiger charge is -2.05. The lowest BCUT2D eigenvalue weighted by atomic mass is 10.1. The molecule has 0 spiro atoms. The third-order valence-corrected chi connectivity index (χ3v) is 3.75. The van der Waals surface area contributed by atoms with Crippen molar-refractivity contribution < 1.29 is 9.72 Å². The number of nitro benzene ring substituents is 1. The molecule has 0 heterocycles. The van der Waals surface area contributed by atoms with E-state index in [-0.39, 0.29) is 17.0 Å². The first-order chi connectivity index (χ1) is 9.47. The molecule has 0 aliphatic rings. The third kappa shape index (κ3) is 3.24. The standard InChI is InChI=1S/C15H13NO3S/c1-10-4-3-5-12(8-10)20-13-6-7-14(11(2)17)15(9-13)16(18)19/h3-9H,1-2H3. The number of ketones is 1. The Labute approximate surface area is 121 Å². The Kier molecular flexibility index (Phi) is 4.20. The molecule has 0 saturated heterocycles. The number of carbonyl (C=O) groups excluding carboxylic acids is 1. The molecule has 2 aromatic rings. The van der Waals surface area contributed by atoms with E-state index in [9.17, 15) is 14.9 Å². The summed E-state index contributed by atoms with van der Waals surface area (Å²) in [4.78, 5) is 23.6. The average Bonchev–Trinajstić information content (AvgIpc) is 2.38. The molecule has 0 aliphatic carbocycles. The summed E-state index contributed by atoms with van der Waals surface area (Å²) >= 11 is 1.44. The van der Waals surface area contributed by atoms with Crippen LogP contribution < -0.4 is 0 Å². The first-order valence-corrected chi connectivity index (χ1v) is 6.83. The van der Waals surface area contributed by atoms with Crippen molar-refractivity contribution in [3.63, 3.8) is 0 Å². The van der Waals surface area contributed by atoms with Gasteiger partial charge in [-0.3, -0.25) is 14.9 Å². The summed E-state index contributed by atoms with van der Waals surface area (Å²) in [6.07, 6.45) is 0. The summed E-state index contributed by atoms with van der Waals surface area (Å²) in [5.41, 5.74) is 1.13. The van der Waals surface area contributed by atoms with Crippen LogP contribution in [0.1, 0.15) is 22.8 Å². The van der Waals surface area contributed by atoms with Crippen molar-refractivity contribution in [3.8, 4) is 0 Å². The summed E-state index contributed by atoms with van der Waals surface area (Å²) in [6, 6.07) is 12.6. The molecule has 2 aromatic carbocycles. The van der Waals surface area contributed by atoms with Gasteiger partial charge in [0.2, 0.25) is 0 Å². The zero-order chi connectivity index (χ0) is 14.7. The van der Waals surface area contributed by atoms with Gasteiger partial charge in [0, 0.05) is 15.9 Å². The average molecular weight is 287 g/mol. The minimum Gasteiger partial charge on any atom is -0.294 e. The van der Waals surface area contributed by atoms with E-state index < -0.39 is 4.92 Å². The van der Waals surface area contributed by atoms with Gasteiger partial charge in [-0.15, -0.1) is 0 Å². The van der Waals surface area contributed by atoms with Crippen LogP contribution in [0.15, 0.2) is 52.3 Å². The van der Waals surface area contributed by atoms with Gasteiger partial charge in [-0.05, 0) is 38.1 Å². The maximum atomic E-state index is 11.4. The number of hydrogen-bond acceptors (Lipinski definition) is 4. The van der Waals surface area contributed by atoms with Crippen molar-refractivity contribution in [2.75, 3.05) is 0 Å². The molecule has 0 bridgehead atoms. The Morgan fingerprint density at radius 1 is 1.15 bits per heavy atom. The molecule has 0 N–H and O–H groups in total. The molecular weight excluding hydrogens is 274 g/mol. The molecular formula is C15H13NO3S. The number of Topliss-reactive ketones (excluding diaryl/α,β-unsaturated/α-hetero) is 1. The fraction of sp³-hybridized carbons (Fsp3) is 0.133. The van der Waals surface area contributed by atoms with E-state index >= 15 is 0 Å². The van der Waals surface area contributed by atoms with Crippen molar-refractivity contribution in [1.29, 1.82) is 0 Å². The maximum absolute atomic E-state index is 11.4. The van der Waals surface area contributed by atoms with Gasteiger partial charge < -0.3 is 0 Å². The largest absolute Gasteiger partial charge is 0.294 e. The van der Waals surface area contributed by atoms with Crippen LogP contribution in [0.25, 0.3) is 0 Å². The van der Waals surface area contributed by atoms with Gasteiger partial charge in [0.25, 0.3) is 5.69 Å². The van der Waals surface area contributed by atoms with E-state index in [1.54, 1.807) is 6.07 Å². The normalized spacial score (nSPS) is 10.3. The minimum absolute atomic E-state index is 0.142. The number of aryl methyl sites for hydroxylation is 1. The number of rotatable bonds is 4. The van der Waals surface area contributed by atoms with E-state index in [1.165, 1.54) is 30.8 Å². The zero-order valence-electron chi connectivity index (χ0n) is 11.1. The van der Waals surface area contributed by atoms with E-state index in [4.69, 9.17) is 0 Å². The molecule has 0 unspecified atom stereocenters. The Bertz CT molecular complexity index is 683. The number of nitro groups is 1. The summed E-state index contributed by atoms with van der Waals surface area (Å²) in [5.74, 6) is -0.302. The molecule has 0 aliphatic heterocycles. The van der Waals surface area contributed by atoms with Crippen LogP contribution in [-0.4, -0.2) is 10.7 Å². The van der Waals surface area contributed by atoms with Crippen LogP contribution >= 0.6 is 11.8 Å². The minimum atomic E-state index is -0.517. The topological polar surface area (TPSA) is 60.2 Å². The second-order valence-electron chi connectivity index (χ2n) is 4.41. The fourth-order valence-corrected chi connectivity index (χ4v) is 2.81. The molecule has 0 atom stereocenters. The van der Waals surface area contributed by atoms with Crippen LogP contribution in [0.3, 0.4) is 0 Å². The summed E-state index contributed by atoms with van der Waals surface area (Å²) in [5, 5.41) is 11.0. The third-order valence-electron chi connectivity index (χ3n) is 2.77. The van der Waals surface area contributed by atoms with Crippen LogP contribution in [0, 0.1) is 17.0 Å². The molecule has 0 saturated carbocycles. The van der Waals surface area contributed by atoms with Gasteiger partial charge in [-0.25, -0.2) is 0 Å². The first-order valence-electron chi connectivity index (χ1n) is 6.01. The molecule has 2 rings (SSSR count). The maximum Gasteiger partial charge on any atom is 0.281 e. The summed E-state index contributed by atoms with van der Waals surface area (Å²) in [6.45, 7) is 3.32. The van der Waals surface area contributed by atoms with E-state index in [2.05, 4.69) is 0 Å². The smallest absolute Gasteiger partial charge is 0.281 e. The predicted octanol–water partition coefficient (Wildman–Crippen LogP) is 4.26. The Morgan fingerprint density at radius 2 is 1.85 bits per heavy atom. The van der Waals surface area contributed by atoms with Crippen molar-refractivity contribution in [3.05, 3.63) is 63.7 Å². The molecule has 0 amide bonds. The monoisotopic (exact) mass is 287 g/mol. The highest BCUT2D eigenvalue weighted by molar-refractivity contribution is 7.99. The first kappa shape index (κ1) is 14.3. The van der Waals surface area contributed by atoms with Crippen LogP contribution in [0.5, 0.6) is 0 Å². The second kappa shape index (κ2) is 5.88. The summed E-state index contributed by atoms with van der Waals surface area (Å²) < 4.78 is 0. The highest BCUT2D eigenvalue weighted by atomic mass is 32.2. The Balaban J connectivity index is 2.36. The van der Waals surface area contributed by atoms with Gasteiger partial charge in [-0.2, -0.15) is 0 Å². The van der Waals surface area contributed by atoms with Crippen LogP contribution in [-0.2, 0) is 0 Å². The highest BCUT2D eigenvalue weighted by Crippen LogP contribution is 2.32. The lowest BCUT2D eigenvalue weighted by molar-refractivity contribution is -0.385. The van der Waals surface area contributed by atoms with Gasteiger partial charge in [0.05, 0.1) is 10.5 Å². The van der Waals surface area contributed by atoms with E-state index in [0.29, 0.717) is 0 Å². The molecule has 102 valence electrons. The highest BCUT2D eigenvalue weighted by Gasteiger charge is 2.18. The van der Waals surface area contributed by atoms with Crippen molar-refractivity contribution in [2.24, 2.45) is 0 Å². The van der Waals surface area contributed by atoms with E-state index in [1.807, 2.05) is 31.2 Å². The Morgan fingerprint density at radius 3 is 2.45 bits per heavy atom. The zero-order valence-corrected chi connectivity index (χ0v) is 11.9. The van der Waals surface area contributed by atoms with Gasteiger partial charge in [0.1, 0.15) is 0 Å². The van der Waals surface area contributed by atoms with Crippen molar-refractivity contribution >= 4 is 23.2 Å². The van der Waals surface area contributed by atoms with E-state index in [0.717, 1.165) is 15.4 Å². The second-order valence-corrected chi connectivity index (χ2v) is 5.56. The number of nitrogens with zero attached hydrogens (tertiary/aromatic N) is 1. The molecule has 4 nitrogen and oxygen atoms in total. The molecule has 0 fully saturated rings. The predicted molar refractivity (Wildman–Crippen MR) is 78.4 cm³/mol. The van der Waals surface area contributed by atoms with Gasteiger partial charge >= 0.3 is 0 Å². The lowest BCUT2D eigenvalue weighted by Crippen LogP contribution is -2.00. The molecule has 5 heteroatoms. The number of benzene rings is 2. The SMILES string of the molecule is CC(=O)c1ccc(Sc2cccc(C)c2)cc1[N+](=O)[O-]. The van der Waals surface area contributed by atoms with Crippen molar-refractivity contribution in [1.82, 2.24) is 0 Å². The van der Waals surface area contributed by atoms with Crippen molar-refractivity contribution in [2.45, 2.75) is 23.6 Å².